The third-order valence-corrected chi connectivity index (χ3v) is 9.64. The Kier molecular flexibility index (Phi) is 10.1. The van der Waals surface area contributed by atoms with Gasteiger partial charge in [-0.2, -0.15) is 0 Å². The maximum Gasteiger partial charge on any atom is 0.303 e. The van der Waals surface area contributed by atoms with Crippen molar-refractivity contribution in [3.05, 3.63) is 53.6 Å². The lowest BCUT2D eigenvalue weighted by Gasteiger charge is -2.23. The maximum atomic E-state index is 13.2. The first-order valence-electron chi connectivity index (χ1n) is 13.4. The van der Waals surface area contributed by atoms with E-state index in [0.29, 0.717) is 49.0 Å². The fourth-order valence-electron chi connectivity index (χ4n) is 4.77. The summed E-state index contributed by atoms with van der Waals surface area (Å²) in [5.41, 5.74) is 3.49. The lowest BCUT2D eigenvalue weighted by atomic mass is 10.1. The fraction of sp³-hybridized carbons (Fsp3) is 0.429. The average Bonchev–Trinajstić information content (AvgIpc) is 3.61. The molecule has 40 heavy (non-hydrogen) atoms. The average molecular weight is 586 g/mol. The molecule has 1 amide bonds. The summed E-state index contributed by atoms with van der Waals surface area (Å²) >= 11 is 1.26. The number of amides is 1. The largest absolute Gasteiger partial charge is 0.593 e. The molecule has 1 unspecified atom stereocenters. The zero-order valence-corrected chi connectivity index (χ0v) is 24.4. The molecule has 1 atom stereocenters. The summed E-state index contributed by atoms with van der Waals surface area (Å²) in [6.07, 6.45) is 3.88. The number of sulfonamides is 1. The van der Waals surface area contributed by atoms with E-state index < -0.39 is 16.4 Å². The number of nitrogens with zero attached hydrogens (tertiary/aromatic N) is 4. The van der Waals surface area contributed by atoms with E-state index in [9.17, 15) is 18.4 Å². The highest BCUT2D eigenvalue weighted by Gasteiger charge is 2.33. The fourth-order valence-corrected chi connectivity index (χ4v) is 7.10. The summed E-state index contributed by atoms with van der Waals surface area (Å²) < 4.78 is 29.9. The first kappa shape index (κ1) is 29.9. The van der Waals surface area contributed by atoms with E-state index in [0.717, 1.165) is 36.1 Å². The van der Waals surface area contributed by atoms with Crippen LogP contribution in [-0.2, 0) is 24.2 Å². The Morgan fingerprint density at radius 3 is 2.45 bits per heavy atom. The van der Waals surface area contributed by atoms with E-state index in [-0.39, 0.29) is 23.0 Å². The predicted octanol–water partition coefficient (Wildman–Crippen LogP) is 4.40. The highest BCUT2D eigenvalue weighted by Crippen LogP contribution is 2.33. The molecule has 10 nitrogen and oxygen atoms in total. The molecule has 1 aromatic heterocycles. The van der Waals surface area contributed by atoms with E-state index in [2.05, 4.69) is 15.5 Å². The van der Waals surface area contributed by atoms with Gasteiger partial charge in [-0.15, -0.1) is 14.5 Å². The Balaban J connectivity index is 1.57. The Bertz CT molecular complexity index is 1380. The number of unbranched alkanes of at least 4 members (excludes halogenated alkanes) is 2. The number of aromatic nitrogens is 3. The van der Waals surface area contributed by atoms with Gasteiger partial charge < -0.3 is 15.0 Å². The lowest BCUT2D eigenvalue weighted by molar-refractivity contribution is -0.137. The molecule has 0 spiro atoms. The molecular formula is C28H35N5O5S2. The Hall–Kier alpha value is -3.06. The molecule has 3 aromatic rings. The molecule has 0 aliphatic carbocycles. The van der Waals surface area contributed by atoms with Crippen molar-refractivity contribution in [1.82, 2.24) is 24.4 Å². The van der Waals surface area contributed by atoms with Crippen LogP contribution in [0.3, 0.4) is 0 Å². The Morgan fingerprint density at radius 2 is 1.75 bits per heavy atom. The minimum absolute atomic E-state index is 0.127. The van der Waals surface area contributed by atoms with Gasteiger partial charge in [-0.05, 0) is 56.7 Å². The van der Waals surface area contributed by atoms with Crippen molar-refractivity contribution in [2.75, 3.05) is 25.4 Å². The second-order valence-electron chi connectivity index (χ2n) is 9.86. The molecule has 1 saturated heterocycles. The quantitative estimate of drug-likeness (QED) is 0.171. The topological polar surface area (TPSA) is 140 Å². The maximum absolute atomic E-state index is 13.2. The minimum atomic E-state index is -3.61. The summed E-state index contributed by atoms with van der Waals surface area (Å²) in [6, 6.07) is 12.8. The van der Waals surface area contributed by atoms with Crippen LogP contribution in [0.1, 0.15) is 49.7 Å². The lowest BCUT2D eigenvalue weighted by Crippen LogP contribution is -2.33. The number of benzene rings is 2. The van der Waals surface area contributed by atoms with Gasteiger partial charge in [0.15, 0.2) is 26.3 Å². The molecule has 1 fully saturated rings. The Labute approximate surface area is 240 Å². The van der Waals surface area contributed by atoms with Crippen LogP contribution in [0.5, 0.6) is 0 Å². The van der Waals surface area contributed by atoms with Crippen molar-refractivity contribution < 1.29 is 23.5 Å². The smallest absolute Gasteiger partial charge is 0.303 e. The van der Waals surface area contributed by atoms with Gasteiger partial charge in [-0.25, -0.2) is 0 Å². The third kappa shape index (κ3) is 7.17. The zero-order valence-electron chi connectivity index (χ0n) is 22.8. The van der Waals surface area contributed by atoms with Crippen molar-refractivity contribution >= 4 is 34.0 Å². The second kappa shape index (κ2) is 13.5. The third-order valence-electron chi connectivity index (χ3n) is 6.81. The van der Waals surface area contributed by atoms with Gasteiger partial charge in [-0.3, -0.25) is 14.2 Å². The van der Waals surface area contributed by atoms with Crippen LogP contribution >= 0.6 is 11.8 Å². The molecule has 0 bridgehead atoms. The van der Waals surface area contributed by atoms with Crippen molar-refractivity contribution in [2.24, 2.45) is 0 Å². The van der Waals surface area contributed by atoms with Crippen molar-refractivity contribution in [1.29, 1.82) is 0 Å². The van der Waals surface area contributed by atoms with Gasteiger partial charge in [0.05, 0.1) is 11.4 Å². The van der Waals surface area contributed by atoms with Crippen molar-refractivity contribution in [3.63, 3.8) is 0 Å². The van der Waals surface area contributed by atoms with Gasteiger partial charge in [-0.1, -0.05) is 52.7 Å². The molecule has 1 aliphatic heterocycles. The van der Waals surface area contributed by atoms with Gasteiger partial charge in [0.2, 0.25) is 5.91 Å². The first-order valence-corrected chi connectivity index (χ1v) is 15.8. The number of carboxylic acid groups (broad SMARTS) is 1. The number of hydrogen-bond donors (Lipinski definition) is 2. The summed E-state index contributed by atoms with van der Waals surface area (Å²) in [7, 11) is -3.61. The number of hydrogen-bond acceptors (Lipinski definition) is 7. The number of carbonyl (C=O) groups excluding carboxylic acids is 1. The predicted molar refractivity (Wildman–Crippen MR) is 154 cm³/mol. The summed E-state index contributed by atoms with van der Waals surface area (Å²) in [6.45, 7) is 5.51. The van der Waals surface area contributed by atoms with E-state index in [1.807, 2.05) is 42.7 Å². The van der Waals surface area contributed by atoms with Crippen LogP contribution in [0.15, 0.2) is 52.5 Å². The van der Waals surface area contributed by atoms with E-state index in [1.54, 1.807) is 18.2 Å². The molecule has 2 aromatic carbocycles. The van der Waals surface area contributed by atoms with Crippen LogP contribution in [0, 0.1) is 13.8 Å². The SMILES string of the molecule is Cc1cccc(C)c1-n1c(SCC(=O)NCCCCCC(=O)O)nnc1-c1cccc([S+](=O)([O-])N2CCCC2)c1. The Morgan fingerprint density at radius 1 is 1.05 bits per heavy atom. The molecule has 0 saturated carbocycles. The first-order chi connectivity index (χ1) is 19.2. The van der Waals surface area contributed by atoms with Gasteiger partial charge in [0.1, 0.15) is 0 Å². The molecule has 2 heterocycles. The van der Waals surface area contributed by atoms with Crippen LogP contribution in [0.2, 0.25) is 0 Å². The minimum Gasteiger partial charge on any atom is -0.593 e. The normalized spacial score (nSPS) is 15.2. The molecule has 4 rings (SSSR count). The van der Waals surface area contributed by atoms with E-state index in [4.69, 9.17) is 5.11 Å². The zero-order chi connectivity index (χ0) is 28.7. The van der Waals surface area contributed by atoms with E-state index in [1.165, 1.54) is 16.1 Å². The van der Waals surface area contributed by atoms with Crippen molar-refractivity contribution in [2.45, 2.75) is 62.4 Å². The van der Waals surface area contributed by atoms with Gasteiger partial charge >= 0.3 is 5.97 Å². The number of para-hydroxylation sites is 1. The molecule has 12 heteroatoms. The number of rotatable bonds is 13. The number of thioether (sulfide) groups is 1. The van der Waals surface area contributed by atoms with Crippen molar-refractivity contribution in [3.8, 4) is 17.1 Å². The second-order valence-corrected chi connectivity index (χ2v) is 12.7. The summed E-state index contributed by atoms with van der Waals surface area (Å²) in [4.78, 5) is 23.4. The number of aryl methyl sites for hydroxylation is 2. The number of carbonyl (C=O) groups is 2. The summed E-state index contributed by atoms with van der Waals surface area (Å²) in [5, 5.41) is 21.0. The standard InChI is InChI=1S/C28H35N5O5S2/c1-20-10-8-11-21(2)26(20)33-27(22-12-9-13-23(18-22)40(37,38)32-16-6-7-17-32)30-31-28(33)39-19-24(34)29-15-5-3-4-14-25(35)36/h8-13,18H,3-7,14-17,19H2,1-2H3,(H2-,29,34,35,36,37,38). The van der Waals surface area contributed by atoms with E-state index >= 15 is 0 Å². The highest BCUT2D eigenvalue weighted by molar-refractivity contribution is 7.99. The van der Waals surface area contributed by atoms with Crippen LogP contribution in [0.4, 0.5) is 0 Å². The number of carboxylic acids is 1. The van der Waals surface area contributed by atoms with Crippen LogP contribution < -0.4 is 5.32 Å². The molecule has 214 valence electrons. The van der Waals surface area contributed by atoms with Crippen LogP contribution in [0.25, 0.3) is 17.1 Å². The number of nitrogens with one attached hydrogen (secondary N) is 1. The molecule has 1 aliphatic rings. The highest BCUT2D eigenvalue weighted by atomic mass is 32.3. The van der Waals surface area contributed by atoms with Gasteiger partial charge in [0.25, 0.3) is 0 Å². The monoisotopic (exact) mass is 585 g/mol. The molecular weight excluding hydrogens is 550 g/mol. The van der Waals surface area contributed by atoms with Crippen LogP contribution in [-0.4, -0.2) is 66.0 Å². The summed E-state index contributed by atoms with van der Waals surface area (Å²) in [5.74, 6) is -0.341. The molecule has 0 radical (unpaired) electrons. The van der Waals surface area contributed by atoms with Gasteiger partial charge in [0, 0.05) is 37.7 Å². The molecule has 2 N–H and O–H groups in total. The number of aliphatic carboxylic acids is 1.